The number of nitro benzene ring substituents is 1. The van der Waals surface area contributed by atoms with Crippen molar-refractivity contribution in [3.8, 4) is 11.4 Å². The van der Waals surface area contributed by atoms with Crippen LogP contribution in [0.2, 0.25) is 5.02 Å². The number of H-pyrrole nitrogens is 1. The van der Waals surface area contributed by atoms with Crippen LogP contribution in [0, 0.1) is 14.9 Å². The van der Waals surface area contributed by atoms with E-state index in [0.717, 1.165) is 6.42 Å². The number of benzene rings is 1. The zero-order chi connectivity index (χ0) is 14.0. The third-order valence-electron chi connectivity index (χ3n) is 2.62. The third-order valence-corrected chi connectivity index (χ3v) is 3.24. The predicted molar refractivity (Wildman–Crippen MR) is 74.8 cm³/mol. The van der Waals surface area contributed by atoms with Crippen molar-refractivity contribution in [2.24, 2.45) is 0 Å². The van der Waals surface area contributed by atoms with Gasteiger partial charge in [0.2, 0.25) is 0 Å². The lowest BCUT2D eigenvalue weighted by molar-refractivity contribution is -0.384. The quantitative estimate of drug-likeness (QED) is 0.532. The van der Waals surface area contributed by atoms with Gasteiger partial charge in [-0.15, -0.1) is 0 Å². The van der Waals surface area contributed by atoms with Crippen LogP contribution in [-0.2, 0) is 6.54 Å². The maximum Gasteiger partial charge on any atom is 0.281 e. The Morgan fingerprint density at radius 1 is 1.58 bits per heavy atom. The Labute approximate surface area is 119 Å². The molecule has 2 rings (SSSR count). The van der Waals surface area contributed by atoms with Crippen molar-refractivity contribution in [1.29, 1.82) is 0 Å². The molecular formula is C11H11ClN4O2S. The van der Waals surface area contributed by atoms with E-state index < -0.39 is 4.92 Å². The van der Waals surface area contributed by atoms with E-state index in [1.54, 1.807) is 10.6 Å². The van der Waals surface area contributed by atoms with Crippen LogP contribution < -0.4 is 0 Å². The molecule has 1 N–H and O–H groups in total. The number of aromatic nitrogens is 3. The van der Waals surface area contributed by atoms with E-state index in [0.29, 0.717) is 17.1 Å². The molecule has 6 nitrogen and oxygen atoms in total. The first-order valence-electron chi connectivity index (χ1n) is 5.64. The van der Waals surface area contributed by atoms with Crippen LogP contribution in [0.3, 0.4) is 0 Å². The minimum atomic E-state index is -0.477. The summed E-state index contributed by atoms with van der Waals surface area (Å²) in [7, 11) is 0. The van der Waals surface area contributed by atoms with Gasteiger partial charge < -0.3 is 0 Å². The molecule has 0 aliphatic rings. The molecule has 0 fully saturated rings. The molecular weight excluding hydrogens is 288 g/mol. The van der Waals surface area contributed by atoms with Crippen LogP contribution in [0.5, 0.6) is 0 Å². The summed E-state index contributed by atoms with van der Waals surface area (Å²) in [5.74, 6) is 0.393. The number of nitrogens with zero attached hydrogens (tertiary/aromatic N) is 3. The summed E-state index contributed by atoms with van der Waals surface area (Å²) >= 11 is 11.2. The molecule has 0 unspecified atom stereocenters. The minimum Gasteiger partial charge on any atom is -0.300 e. The summed E-state index contributed by atoms with van der Waals surface area (Å²) < 4.78 is 2.13. The second kappa shape index (κ2) is 5.50. The molecule has 0 aliphatic carbocycles. The monoisotopic (exact) mass is 298 g/mol. The molecule has 0 radical (unpaired) electrons. The molecule has 1 aromatic carbocycles. The topological polar surface area (TPSA) is 76.8 Å². The van der Waals surface area contributed by atoms with Gasteiger partial charge in [-0.2, -0.15) is 5.10 Å². The number of rotatable bonds is 4. The van der Waals surface area contributed by atoms with E-state index in [2.05, 4.69) is 10.2 Å². The van der Waals surface area contributed by atoms with Crippen LogP contribution in [0.1, 0.15) is 13.3 Å². The fourth-order valence-electron chi connectivity index (χ4n) is 1.83. The van der Waals surface area contributed by atoms with Gasteiger partial charge in [-0.05, 0) is 24.7 Å². The van der Waals surface area contributed by atoms with Crippen LogP contribution in [0.15, 0.2) is 18.2 Å². The Balaban J connectivity index is 2.72. The highest BCUT2D eigenvalue weighted by Crippen LogP contribution is 2.35. The first-order chi connectivity index (χ1) is 9.06. The van der Waals surface area contributed by atoms with Gasteiger partial charge in [0.15, 0.2) is 10.6 Å². The highest BCUT2D eigenvalue weighted by atomic mass is 35.5. The van der Waals surface area contributed by atoms with Gasteiger partial charge in [0.05, 0.1) is 9.95 Å². The van der Waals surface area contributed by atoms with E-state index in [1.165, 1.54) is 12.1 Å². The molecule has 0 aliphatic heterocycles. The first kappa shape index (κ1) is 13.7. The van der Waals surface area contributed by atoms with E-state index in [4.69, 9.17) is 23.8 Å². The van der Waals surface area contributed by atoms with Crippen molar-refractivity contribution in [3.63, 3.8) is 0 Å². The van der Waals surface area contributed by atoms with Crippen LogP contribution >= 0.6 is 23.8 Å². The average molecular weight is 299 g/mol. The molecule has 0 amide bonds. The second-order valence-electron chi connectivity index (χ2n) is 3.90. The summed E-state index contributed by atoms with van der Waals surface area (Å²) in [6, 6.07) is 4.53. The Bertz CT molecular complexity index is 680. The van der Waals surface area contributed by atoms with E-state index >= 15 is 0 Å². The minimum absolute atomic E-state index is 0.0844. The molecule has 0 saturated carbocycles. The lowest BCUT2D eigenvalue weighted by atomic mass is 10.1. The van der Waals surface area contributed by atoms with E-state index in [-0.39, 0.29) is 16.3 Å². The van der Waals surface area contributed by atoms with Gasteiger partial charge in [0.1, 0.15) is 5.56 Å². The van der Waals surface area contributed by atoms with Crippen LogP contribution in [-0.4, -0.2) is 19.7 Å². The highest BCUT2D eigenvalue weighted by molar-refractivity contribution is 7.71. The molecule has 0 spiro atoms. The summed E-state index contributed by atoms with van der Waals surface area (Å²) in [6.07, 6.45) is 0.832. The third kappa shape index (κ3) is 2.52. The normalized spacial score (nSPS) is 10.6. The fourth-order valence-corrected chi connectivity index (χ4v) is 2.30. The Morgan fingerprint density at radius 2 is 2.32 bits per heavy atom. The molecule has 1 aromatic heterocycles. The molecule has 0 saturated heterocycles. The van der Waals surface area contributed by atoms with Crippen molar-refractivity contribution < 1.29 is 4.92 Å². The van der Waals surface area contributed by atoms with Crippen LogP contribution in [0.25, 0.3) is 11.4 Å². The van der Waals surface area contributed by atoms with Crippen molar-refractivity contribution >= 4 is 29.5 Å². The van der Waals surface area contributed by atoms with Gasteiger partial charge in [-0.25, -0.2) is 0 Å². The predicted octanol–water partition coefficient (Wildman–Crippen LogP) is 3.58. The maximum absolute atomic E-state index is 11.1. The van der Waals surface area contributed by atoms with Gasteiger partial charge in [0.25, 0.3) is 5.69 Å². The molecule has 100 valence electrons. The number of aromatic amines is 1. The lowest BCUT2D eigenvalue weighted by Gasteiger charge is -2.07. The van der Waals surface area contributed by atoms with Crippen molar-refractivity contribution in [2.45, 2.75) is 19.9 Å². The number of hydrogen-bond acceptors (Lipinski definition) is 4. The molecule has 2 aromatic rings. The van der Waals surface area contributed by atoms with Crippen molar-refractivity contribution in [1.82, 2.24) is 14.8 Å². The number of nitro groups is 1. The summed E-state index contributed by atoms with van der Waals surface area (Å²) in [4.78, 5) is 10.6. The number of halogens is 1. The van der Waals surface area contributed by atoms with Gasteiger partial charge in [-0.3, -0.25) is 19.8 Å². The highest BCUT2D eigenvalue weighted by Gasteiger charge is 2.22. The first-order valence-corrected chi connectivity index (χ1v) is 6.43. The van der Waals surface area contributed by atoms with Gasteiger partial charge in [-0.1, -0.05) is 24.6 Å². The van der Waals surface area contributed by atoms with Gasteiger partial charge >= 0.3 is 0 Å². The average Bonchev–Trinajstić information content (AvgIpc) is 2.71. The molecule has 1 heterocycles. The van der Waals surface area contributed by atoms with Crippen molar-refractivity contribution in [2.75, 3.05) is 0 Å². The largest absolute Gasteiger partial charge is 0.300 e. The molecule has 19 heavy (non-hydrogen) atoms. The molecule has 0 bridgehead atoms. The number of hydrogen-bond donors (Lipinski definition) is 1. The Hall–Kier alpha value is -1.73. The summed E-state index contributed by atoms with van der Waals surface area (Å²) in [5.41, 5.74) is 0.203. The van der Waals surface area contributed by atoms with E-state index in [1.807, 2.05) is 6.92 Å². The van der Waals surface area contributed by atoms with Gasteiger partial charge in [0, 0.05) is 12.6 Å². The smallest absolute Gasteiger partial charge is 0.281 e. The van der Waals surface area contributed by atoms with Crippen LogP contribution in [0.4, 0.5) is 5.69 Å². The Kier molecular flexibility index (Phi) is 3.96. The SMILES string of the molecule is CCCn1c(-c2c(Cl)cccc2[N+](=O)[O-])n[nH]c1=S. The number of nitrogens with one attached hydrogen (secondary N) is 1. The lowest BCUT2D eigenvalue weighted by Crippen LogP contribution is -2.02. The summed E-state index contributed by atoms with van der Waals surface area (Å²) in [6.45, 7) is 2.60. The maximum atomic E-state index is 11.1. The standard InChI is InChI=1S/C11H11ClN4O2S/c1-2-6-15-10(13-14-11(15)19)9-7(12)4-3-5-8(9)16(17)18/h3-5H,2,6H2,1H3,(H,14,19). The summed E-state index contributed by atoms with van der Waals surface area (Å²) in [5, 5.41) is 18.1. The zero-order valence-corrected chi connectivity index (χ0v) is 11.7. The fraction of sp³-hybridized carbons (Fsp3) is 0.273. The Morgan fingerprint density at radius 3 is 2.95 bits per heavy atom. The second-order valence-corrected chi connectivity index (χ2v) is 4.69. The van der Waals surface area contributed by atoms with Crippen molar-refractivity contribution in [3.05, 3.63) is 38.1 Å². The molecule has 8 heteroatoms. The molecule has 0 atom stereocenters. The zero-order valence-electron chi connectivity index (χ0n) is 10.1. The van der Waals surface area contributed by atoms with E-state index in [9.17, 15) is 10.1 Å².